The van der Waals surface area contributed by atoms with E-state index < -0.39 is 0 Å². The largest absolute Gasteiger partial charge is 0.302 e. The molecule has 1 fully saturated rings. The summed E-state index contributed by atoms with van der Waals surface area (Å²) in [6, 6.07) is 0. The van der Waals surface area contributed by atoms with Crippen LogP contribution in [-0.2, 0) is 4.79 Å². The normalized spacial score (nSPS) is 19.5. The molecule has 0 heterocycles. The summed E-state index contributed by atoms with van der Waals surface area (Å²) in [4.78, 5) is 13.4. The predicted molar refractivity (Wildman–Crippen MR) is 45.5 cm³/mol. The number of Topliss-reactive ketones (excluding diaryl/α,β-unsaturated/α-hetero) is 1. The van der Waals surface area contributed by atoms with E-state index in [0.717, 1.165) is 12.8 Å². The Bertz CT molecular complexity index is 136. The molecule has 1 aliphatic carbocycles. The molecule has 0 saturated heterocycles. The first-order chi connectivity index (χ1) is 5.20. The zero-order valence-corrected chi connectivity index (χ0v) is 7.47. The second kappa shape index (κ2) is 3.86. The van der Waals surface area contributed by atoms with E-state index >= 15 is 0 Å². The van der Waals surface area contributed by atoms with Crippen LogP contribution in [0, 0.1) is 5.92 Å². The number of ketones is 1. The number of likely N-dealkylation sites (N-methyl/N-ethyl adjacent to an activating group) is 1. The minimum atomic E-state index is 0.386. The fraction of sp³-hybridized carbons (Fsp3) is 0.889. The van der Waals surface area contributed by atoms with Crippen LogP contribution in [0.2, 0.25) is 0 Å². The number of carbonyl (C=O) groups excluding carboxylic acids is 1. The number of nitrogens with zero attached hydrogens (tertiary/aromatic N) is 1. The lowest BCUT2D eigenvalue weighted by molar-refractivity contribution is -0.123. The van der Waals surface area contributed by atoms with Crippen LogP contribution >= 0.6 is 0 Å². The van der Waals surface area contributed by atoms with Crippen LogP contribution in [0.4, 0.5) is 0 Å². The van der Waals surface area contributed by atoms with Gasteiger partial charge in [0.1, 0.15) is 5.78 Å². The average molecular weight is 155 g/mol. The maximum atomic E-state index is 11.4. The molecule has 0 atom stereocenters. The van der Waals surface area contributed by atoms with E-state index in [0.29, 0.717) is 18.2 Å². The van der Waals surface area contributed by atoms with Crippen LogP contribution in [0.5, 0.6) is 0 Å². The van der Waals surface area contributed by atoms with E-state index in [9.17, 15) is 4.79 Å². The van der Waals surface area contributed by atoms with Crippen LogP contribution in [0.3, 0.4) is 0 Å². The first kappa shape index (κ1) is 8.72. The number of carbonyl (C=O) groups is 1. The molecule has 2 nitrogen and oxygen atoms in total. The predicted octanol–water partition coefficient (Wildman–Crippen LogP) is 1.31. The summed E-state index contributed by atoms with van der Waals surface area (Å²) >= 11 is 0. The van der Waals surface area contributed by atoms with Crippen molar-refractivity contribution in [1.82, 2.24) is 4.90 Å². The number of hydrogen-bond acceptors (Lipinski definition) is 2. The van der Waals surface area contributed by atoms with Crippen molar-refractivity contribution in [2.45, 2.75) is 25.7 Å². The molecule has 1 saturated carbocycles. The van der Waals surface area contributed by atoms with Crippen LogP contribution in [0.1, 0.15) is 25.7 Å². The highest BCUT2D eigenvalue weighted by molar-refractivity contribution is 5.83. The Labute approximate surface area is 68.6 Å². The van der Waals surface area contributed by atoms with Crippen molar-refractivity contribution in [2.75, 3.05) is 20.6 Å². The molecule has 64 valence electrons. The lowest BCUT2D eigenvalue weighted by atomic mass is 10.0. The first-order valence-electron chi connectivity index (χ1n) is 4.37. The third-order valence-corrected chi connectivity index (χ3v) is 2.28. The van der Waals surface area contributed by atoms with Crippen molar-refractivity contribution in [2.24, 2.45) is 5.92 Å². The molecular formula is C9H17NO. The van der Waals surface area contributed by atoms with Crippen molar-refractivity contribution in [1.29, 1.82) is 0 Å². The molecule has 0 spiro atoms. The van der Waals surface area contributed by atoms with E-state index in [2.05, 4.69) is 0 Å². The fourth-order valence-corrected chi connectivity index (χ4v) is 1.69. The summed E-state index contributed by atoms with van der Waals surface area (Å²) in [5.74, 6) is 0.824. The van der Waals surface area contributed by atoms with E-state index in [-0.39, 0.29) is 0 Å². The monoisotopic (exact) mass is 155 g/mol. The van der Waals surface area contributed by atoms with Gasteiger partial charge in [0, 0.05) is 5.92 Å². The van der Waals surface area contributed by atoms with Gasteiger partial charge in [0.05, 0.1) is 6.54 Å². The molecular weight excluding hydrogens is 138 g/mol. The van der Waals surface area contributed by atoms with E-state index in [1.165, 1.54) is 12.8 Å². The molecule has 1 aliphatic rings. The Hall–Kier alpha value is -0.370. The summed E-state index contributed by atoms with van der Waals surface area (Å²) < 4.78 is 0. The highest BCUT2D eigenvalue weighted by Gasteiger charge is 2.22. The number of rotatable bonds is 3. The van der Waals surface area contributed by atoms with Crippen molar-refractivity contribution in [3.8, 4) is 0 Å². The van der Waals surface area contributed by atoms with Crippen LogP contribution < -0.4 is 0 Å². The van der Waals surface area contributed by atoms with Gasteiger partial charge in [0.2, 0.25) is 0 Å². The van der Waals surface area contributed by atoms with Gasteiger partial charge in [-0.1, -0.05) is 12.8 Å². The van der Waals surface area contributed by atoms with E-state index in [4.69, 9.17) is 0 Å². The fourth-order valence-electron chi connectivity index (χ4n) is 1.69. The Balaban J connectivity index is 2.28. The Kier molecular flexibility index (Phi) is 3.06. The summed E-state index contributed by atoms with van der Waals surface area (Å²) in [5, 5.41) is 0. The molecule has 0 radical (unpaired) electrons. The molecule has 11 heavy (non-hydrogen) atoms. The van der Waals surface area contributed by atoms with Gasteiger partial charge in [-0.05, 0) is 26.9 Å². The van der Waals surface area contributed by atoms with Gasteiger partial charge in [0.15, 0.2) is 0 Å². The maximum Gasteiger partial charge on any atom is 0.149 e. The first-order valence-corrected chi connectivity index (χ1v) is 4.37. The van der Waals surface area contributed by atoms with E-state index in [1.54, 1.807) is 0 Å². The second-order valence-corrected chi connectivity index (χ2v) is 3.69. The Morgan fingerprint density at radius 1 is 1.36 bits per heavy atom. The Morgan fingerprint density at radius 3 is 2.36 bits per heavy atom. The molecule has 0 aliphatic heterocycles. The molecule has 0 aromatic heterocycles. The van der Waals surface area contributed by atoms with Crippen molar-refractivity contribution in [3.05, 3.63) is 0 Å². The number of hydrogen-bond donors (Lipinski definition) is 0. The Morgan fingerprint density at radius 2 is 1.91 bits per heavy atom. The van der Waals surface area contributed by atoms with Crippen LogP contribution in [0.25, 0.3) is 0 Å². The third kappa shape index (κ3) is 2.62. The van der Waals surface area contributed by atoms with Crippen molar-refractivity contribution in [3.63, 3.8) is 0 Å². The smallest absolute Gasteiger partial charge is 0.149 e. The summed E-state index contributed by atoms with van der Waals surface area (Å²) in [7, 11) is 3.90. The molecule has 0 unspecified atom stereocenters. The third-order valence-electron chi connectivity index (χ3n) is 2.28. The zero-order valence-electron chi connectivity index (χ0n) is 7.47. The summed E-state index contributed by atoms with van der Waals surface area (Å²) in [6.45, 7) is 0.630. The molecule has 0 aromatic rings. The average Bonchev–Trinajstić information content (AvgIpc) is 2.35. The standard InChI is InChI=1S/C9H17NO/c1-10(2)7-9(11)8-5-3-4-6-8/h8H,3-7H2,1-2H3. The minimum Gasteiger partial charge on any atom is -0.302 e. The molecule has 0 aromatic carbocycles. The van der Waals surface area contributed by atoms with Gasteiger partial charge in [-0.3, -0.25) is 4.79 Å². The van der Waals surface area contributed by atoms with Gasteiger partial charge in [-0.15, -0.1) is 0 Å². The summed E-state index contributed by atoms with van der Waals surface area (Å²) in [5.41, 5.74) is 0. The minimum absolute atomic E-state index is 0.386. The summed E-state index contributed by atoms with van der Waals surface area (Å²) in [6.07, 6.45) is 4.77. The topological polar surface area (TPSA) is 20.3 Å². The molecule has 0 amide bonds. The van der Waals surface area contributed by atoms with Crippen molar-refractivity contribution >= 4 is 5.78 Å². The van der Waals surface area contributed by atoms with E-state index in [1.807, 2.05) is 19.0 Å². The lowest BCUT2D eigenvalue weighted by Crippen LogP contribution is -2.26. The molecule has 0 bridgehead atoms. The molecule has 2 heteroatoms. The van der Waals surface area contributed by atoms with Crippen LogP contribution in [-0.4, -0.2) is 31.3 Å². The highest BCUT2D eigenvalue weighted by atomic mass is 16.1. The SMILES string of the molecule is CN(C)CC(=O)C1CCCC1. The van der Waals surface area contributed by atoms with Gasteiger partial charge >= 0.3 is 0 Å². The van der Waals surface area contributed by atoms with Gasteiger partial charge in [-0.2, -0.15) is 0 Å². The second-order valence-electron chi connectivity index (χ2n) is 3.69. The van der Waals surface area contributed by atoms with Crippen LogP contribution in [0.15, 0.2) is 0 Å². The maximum absolute atomic E-state index is 11.4. The molecule has 0 N–H and O–H groups in total. The lowest BCUT2D eigenvalue weighted by Gasteiger charge is -2.12. The zero-order chi connectivity index (χ0) is 8.27. The van der Waals surface area contributed by atoms with Crippen molar-refractivity contribution < 1.29 is 4.79 Å². The van der Waals surface area contributed by atoms with Gasteiger partial charge in [-0.25, -0.2) is 0 Å². The quantitative estimate of drug-likeness (QED) is 0.612. The highest BCUT2D eigenvalue weighted by Crippen LogP contribution is 2.25. The molecule has 1 rings (SSSR count). The van der Waals surface area contributed by atoms with Gasteiger partial charge < -0.3 is 4.90 Å². The van der Waals surface area contributed by atoms with Gasteiger partial charge in [0.25, 0.3) is 0 Å².